The second-order valence-electron chi connectivity index (χ2n) is 18.6. The molecule has 0 bridgehead atoms. The molecule has 0 aliphatic heterocycles. The van der Waals surface area contributed by atoms with E-state index in [1.807, 2.05) is 0 Å². The minimum absolute atomic E-state index is 0.174. The molecular formula is C58H60Br4. The van der Waals surface area contributed by atoms with Crippen molar-refractivity contribution in [2.45, 2.75) is 140 Å². The van der Waals surface area contributed by atoms with Gasteiger partial charge in [-0.3, -0.25) is 0 Å². The van der Waals surface area contributed by atoms with E-state index in [9.17, 15) is 0 Å². The Balaban J connectivity index is 0.000000158. The summed E-state index contributed by atoms with van der Waals surface area (Å²) < 4.78 is 4.70. The van der Waals surface area contributed by atoms with Gasteiger partial charge in [-0.1, -0.05) is 215 Å². The third-order valence-corrected chi connectivity index (χ3v) is 16.8. The number of rotatable bonds is 16. The molecule has 0 atom stereocenters. The molecule has 62 heavy (non-hydrogen) atoms. The molecule has 0 heterocycles. The average Bonchev–Trinajstić information content (AvgIpc) is 3.67. The molecule has 0 N–H and O–H groups in total. The molecule has 4 aliphatic rings. The lowest BCUT2D eigenvalue weighted by Gasteiger charge is -2.36. The number of hydrogen-bond acceptors (Lipinski definition) is 0. The Kier molecular flexibility index (Phi) is 13.9. The number of benzene rings is 6. The highest BCUT2D eigenvalue weighted by Crippen LogP contribution is 2.58. The number of fused-ring (bicyclic) bond motifs is 8. The van der Waals surface area contributed by atoms with Crippen LogP contribution in [0.5, 0.6) is 0 Å². The molecule has 0 unspecified atom stereocenters. The molecule has 0 saturated carbocycles. The Morgan fingerprint density at radius 2 is 0.694 bits per heavy atom. The summed E-state index contributed by atoms with van der Waals surface area (Å²) >= 11 is 15.1. The summed E-state index contributed by atoms with van der Waals surface area (Å²) in [6.07, 6.45) is 23.7. The highest BCUT2D eigenvalue weighted by Gasteiger charge is 2.47. The second kappa shape index (κ2) is 19.4. The standard InChI is InChI=1S/C29H20Br2.C29H40Br2/c30-23-9-11-25-26-12-10-24(31)16-28(26)29(27(25)15-23,21-7-5-17-1-3-19(17)13-21)22-8-6-18-2-4-20(18)14-22;1-3-5-7-9-11-13-19-29(20-14-12-10-8-6-4-2)27-21-23(30)15-17-25(27)26-18-16-24(31)22-28(26)29/h5-16H,1-4H2;15-18,21-22H,3-14,19-20H2,1-2H3. The van der Waals surface area contributed by atoms with E-state index in [0.717, 1.165) is 8.95 Å². The van der Waals surface area contributed by atoms with Crippen LogP contribution in [0, 0.1) is 0 Å². The normalized spacial score (nSPS) is 15.2. The molecule has 0 spiro atoms. The van der Waals surface area contributed by atoms with Gasteiger partial charge in [-0.2, -0.15) is 0 Å². The average molecular weight is 1080 g/mol. The topological polar surface area (TPSA) is 0 Å². The van der Waals surface area contributed by atoms with E-state index in [1.54, 1.807) is 11.1 Å². The Labute approximate surface area is 405 Å². The van der Waals surface area contributed by atoms with Crippen molar-refractivity contribution in [2.75, 3.05) is 0 Å². The summed E-state index contributed by atoms with van der Waals surface area (Å²) in [5.41, 5.74) is 20.2. The molecule has 0 nitrogen and oxygen atoms in total. The summed E-state index contributed by atoms with van der Waals surface area (Å²) in [6.45, 7) is 4.61. The molecule has 6 aromatic carbocycles. The van der Waals surface area contributed by atoms with Crippen LogP contribution in [0.2, 0.25) is 0 Å². The molecule has 6 aromatic rings. The van der Waals surface area contributed by atoms with Crippen LogP contribution in [-0.4, -0.2) is 0 Å². The number of aryl methyl sites for hydroxylation is 4. The molecule has 0 amide bonds. The Morgan fingerprint density at radius 3 is 1.05 bits per heavy atom. The van der Waals surface area contributed by atoms with Gasteiger partial charge in [0.2, 0.25) is 0 Å². The van der Waals surface area contributed by atoms with Crippen LogP contribution < -0.4 is 0 Å². The minimum atomic E-state index is -0.298. The highest BCUT2D eigenvalue weighted by molar-refractivity contribution is 9.11. The summed E-state index contributed by atoms with van der Waals surface area (Å²) in [6, 6.07) is 42.1. The fourth-order valence-electron chi connectivity index (χ4n) is 11.4. The van der Waals surface area contributed by atoms with Gasteiger partial charge in [0, 0.05) is 23.3 Å². The Hall–Kier alpha value is -2.76. The molecule has 4 heteroatoms. The molecule has 320 valence electrons. The lowest BCUT2D eigenvalue weighted by molar-refractivity contribution is 0.397. The smallest absolute Gasteiger partial charge is 0.0654 e. The summed E-state index contributed by atoms with van der Waals surface area (Å²) in [4.78, 5) is 0. The monoisotopic (exact) mass is 1070 g/mol. The first-order valence-corrected chi connectivity index (χ1v) is 26.9. The molecule has 4 aliphatic carbocycles. The minimum Gasteiger partial charge on any atom is -0.0654 e. The lowest BCUT2D eigenvalue weighted by Crippen LogP contribution is -2.30. The second-order valence-corrected chi connectivity index (χ2v) is 22.3. The van der Waals surface area contributed by atoms with E-state index in [1.165, 1.54) is 191 Å². The van der Waals surface area contributed by atoms with E-state index >= 15 is 0 Å². The quantitative estimate of drug-likeness (QED) is 0.0846. The largest absolute Gasteiger partial charge is 0.0714 e. The van der Waals surface area contributed by atoms with E-state index in [2.05, 4.69) is 187 Å². The zero-order chi connectivity index (χ0) is 42.8. The van der Waals surface area contributed by atoms with Crippen LogP contribution in [-0.2, 0) is 36.5 Å². The first kappa shape index (κ1) is 44.4. The first-order valence-electron chi connectivity index (χ1n) is 23.7. The van der Waals surface area contributed by atoms with Crippen molar-refractivity contribution in [1.29, 1.82) is 0 Å². The van der Waals surface area contributed by atoms with Crippen molar-refractivity contribution in [3.05, 3.63) is 183 Å². The van der Waals surface area contributed by atoms with Crippen molar-refractivity contribution in [3.63, 3.8) is 0 Å². The van der Waals surface area contributed by atoms with Gasteiger partial charge in [0.15, 0.2) is 0 Å². The van der Waals surface area contributed by atoms with E-state index in [4.69, 9.17) is 0 Å². The maximum absolute atomic E-state index is 3.79. The maximum Gasteiger partial charge on any atom is 0.0714 e. The van der Waals surface area contributed by atoms with Gasteiger partial charge in [-0.15, -0.1) is 0 Å². The van der Waals surface area contributed by atoms with E-state index in [0.29, 0.717) is 0 Å². The van der Waals surface area contributed by atoms with Crippen LogP contribution in [0.25, 0.3) is 22.3 Å². The summed E-state index contributed by atoms with van der Waals surface area (Å²) in [5.74, 6) is 0. The molecule has 0 saturated heterocycles. The van der Waals surface area contributed by atoms with E-state index < -0.39 is 0 Å². The third-order valence-electron chi connectivity index (χ3n) is 14.9. The maximum atomic E-state index is 3.79. The molecule has 0 radical (unpaired) electrons. The van der Waals surface area contributed by atoms with Crippen LogP contribution in [0.1, 0.15) is 159 Å². The number of unbranched alkanes of at least 4 members (excludes halogenated alkanes) is 10. The van der Waals surface area contributed by atoms with Gasteiger partial charge in [-0.25, -0.2) is 0 Å². The van der Waals surface area contributed by atoms with Crippen LogP contribution in [0.4, 0.5) is 0 Å². The SMILES string of the molecule is Brc1ccc2c(c1)C(c1ccc3c(c1)CC3)(c1ccc3c(c1)CC3)c1cc(Br)ccc1-2.CCCCCCCCC1(CCCCCCCC)c2cc(Br)ccc2-c2ccc(Br)cc21. The molecule has 0 fully saturated rings. The van der Waals surface area contributed by atoms with Gasteiger partial charge in [0.05, 0.1) is 5.41 Å². The predicted octanol–water partition coefficient (Wildman–Crippen LogP) is 18.8. The van der Waals surface area contributed by atoms with Gasteiger partial charge in [-0.05, 0) is 165 Å². The fraction of sp³-hybridized carbons (Fsp3) is 0.379. The molecule has 10 rings (SSSR count). The van der Waals surface area contributed by atoms with Crippen LogP contribution >= 0.6 is 63.7 Å². The van der Waals surface area contributed by atoms with Crippen molar-refractivity contribution in [1.82, 2.24) is 0 Å². The number of halogens is 4. The zero-order valence-corrected chi connectivity index (χ0v) is 43.0. The lowest BCUT2D eigenvalue weighted by atomic mass is 9.65. The van der Waals surface area contributed by atoms with E-state index in [-0.39, 0.29) is 10.8 Å². The van der Waals surface area contributed by atoms with Gasteiger partial charge in [0.1, 0.15) is 0 Å². The van der Waals surface area contributed by atoms with Crippen LogP contribution in [0.15, 0.2) is 127 Å². The highest BCUT2D eigenvalue weighted by atomic mass is 79.9. The van der Waals surface area contributed by atoms with Crippen molar-refractivity contribution >= 4 is 63.7 Å². The van der Waals surface area contributed by atoms with Crippen molar-refractivity contribution < 1.29 is 0 Å². The van der Waals surface area contributed by atoms with Gasteiger partial charge < -0.3 is 0 Å². The first-order chi connectivity index (χ1) is 30.3. The van der Waals surface area contributed by atoms with Crippen molar-refractivity contribution in [3.8, 4) is 22.3 Å². The van der Waals surface area contributed by atoms with Gasteiger partial charge >= 0.3 is 0 Å². The van der Waals surface area contributed by atoms with Gasteiger partial charge in [0.25, 0.3) is 0 Å². The summed E-state index contributed by atoms with van der Waals surface area (Å²) in [5, 5.41) is 0. The third kappa shape index (κ3) is 8.35. The molecule has 0 aromatic heterocycles. The zero-order valence-electron chi connectivity index (χ0n) is 36.6. The fourth-order valence-corrected chi connectivity index (χ4v) is 12.9. The number of hydrogen-bond donors (Lipinski definition) is 0. The Bertz CT molecular complexity index is 2400. The Morgan fingerprint density at radius 1 is 0.355 bits per heavy atom. The van der Waals surface area contributed by atoms with Crippen LogP contribution in [0.3, 0.4) is 0 Å². The molecular weight excluding hydrogens is 1020 g/mol. The summed E-state index contributed by atoms with van der Waals surface area (Å²) in [7, 11) is 0. The predicted molar refractivity (Wildman–Crippen MR) is 278 cm³/mol. The van der Waals surface area contributed by atoms with Crippen molar-refractivity contribution in [2.24, 2.45) is 0 Å².